The van der Waals surface area contributed by atoms with Gasteiger partial charge >= 0.3 is 6.03 Å². The highest BCUT2D eigenvalue weighted by Crippen LogP contribution is 2.37. The highest BCUT2D eigenvalue weighted by molar-refractivity contribution is 5.90. The quantitative estimate of drug-likeness (QED) is 0.769. The second-order valence-corrected chi connectivity index (χ2v) is 9.09. The molecule has 3 rings (SSSR count). The fourth-order valence-corrected chi connectivity index (χ4v) is 4.93. The molecule has 1 saturated carbocycles. The minimum atomic E-state index is -0.402. The highest BCUT2D eigenvalue weighted by Gasteiger charge is 2.32. The molecule has 0 atom stereocenters. The van der Waals surface area contributed by atoms with Gasteiger partial charge in [0.15, 0.2) is 0 Å². The number of nitrogens with two attached hydrogens (primary N) is 1. The number of anilines is 1. The maximum atomic E-state index is 13.0. The third-order valence-corrected chi connectivity index (χ3v) is 6.80. The Labute approximate surface area is 181 Å². The summed E-state index contributed by atoms with van der Waals surface area (Å²) < 4.78 is 0. The molecule has 3 amide bonds. The predicted molar refractivity (Wildman–Crippen MR) is 122 cm³/mol. The number of carbonyl (C=O) groups excluding carboxylic acids is 2. The second-order valence-electron chi connectivity index (χ2n) is 9.09. The zero-order chi connectivity index (χ0) is 21.7. The molecule has 0 spiro atoms. The molecule has 30 heavy (non-hydrogen) atoms. The lowest BCUT2D eigenvalue weighted by molar-refractivity contribution is -0.138. The first kappa shape index (κ1) is 22.6. The van der Waals surface area contributed by atoms with E-state index in [1.54, 1.807) is 4.90 Å². The molecule has 0 radical (unpaired) electrons. The van der Waals surface area contributed by atoms with Crippen LogP contribution in [0.4, 0.5) is 10.5 Å². The maximum Gasteiger partial charge on any atom is 0.319 e. The van der Waals surface area contributed by atoms with E-state index in [0.717, 1.165) is 64.0 Å². The molecule has 1 aliphatic heterocycles. The van der Waals surface area contributed by atoms with Crippen molar-refractivity contribution in [2.24, 2.45) is 11.7 Å². The fraction of sp³-hybridized carbons (Fsp3) is 0.667. The summed E-state index contributed by atoms with van der Waals surface area (Å²) in [6.45, 7) is 10.8. The molecule has 2 N–H and O–H groups in total. The molecule has 0 bridgehead atoms. The molecule has 2 fully saturated rings. The summed E-state index contributed by atoms with van der Waals surface area (Å²) in [4.78, 5) is 31.0. The van der Waals surface area contributed by atoms with Crippen LogP contribution in [0, 0.1) is 5.92 Å². The van der Waals surface area contributed by atoms with Crippen molar-refractivity contribution in [1.82, 2.24) is 9.80 Å². The number of benzene rings is 1. The van der Waals surface area contributed by atoms with Crippen molar-refractivity contribution in [2.75, 3.05) is 37.6 Å². The number of carbonyl (C=O) groups is 2. The monoisotopic (exact) mass is 414 g/mol. The summed E-state index contributed by atoms with van der Waals surface area (Å²) in [5, 5.41) is 0. The molecule has 1 saturated heterocycles. The van der Waals surface area contributed by atoms with E-state index < -0.39 is 6.03 Å². The molecule has 166 valence electrons. The van der Waals surface area contributed by atoms with Gasteiger partial charge in [0.2, 0.25) is 5.91 Å². The molecule has 1 aromatic rings. The van der Waals surface area contributed by atoms with E-state index in [1.165, 1.54) is 5.56 Å². The molecule has 1 aliphatic carbocycles. The highest BCUT2D eigenvalue weighted by atomic mass is 16.2. The maximum absolute atomic E-state index is 13.0. The van der Waals surface area contributed by atoms with E-state index in [4.69, 9.17) is 5.73 Å². The number of amides is 3. The molecule has 0 aromatic heterocycles. The van der Waals surface area contributed by atoms with Gasteiger partial charge in [-0.25, -0.2) is 4.79 Å². The van der Waals surface area contributed by atoms with Crippen LogP contribution in [-0.2, 0) is 4.79 Å². The van der Waals surface area contributed by atoms with Crippen molar-refractivity contribution in [3.8, 4) is 0 Å². The van der Waals surface area contributed by atoms with Crippen molar-refractivity contribution in [3.05, 3.63) is 29.8 Å². The van der Waals surface area contributed by atoms with Crippen molar-refractivity contribution < 1.29 is 9.59 Å². The molecule has 6 heteroatoms. The van der Waals surface area contributed by atoms with Gasteiger partial charge in [-0.15, -0.1) is 0 Å². The Balaban J connectivity index is 1.56. The van der Waals surface area contributed by atoms with Gasteiger partial charge in [-0.1, -0.05) is 19.1 Å². The van der Waals surface area contributed by atoms with Gasteiger partial charge in [-0.2, -0.15) is 0 Å². The number of primary amides is 1. The van der Waals surface area contributed by atoms with Crippen LogP contribution in [0.2, 0.25) is 0 Å². The Morgan fingerprint density at radius 2 is 1.77 bits per heavy atom. The van der Waals surface area contributed by atoms with Gasteiger partial charge in [0, 0.05) is 50.4 Å². The van der Waals surface area contributed by atoms with Crippen molar-refractivity contribution in [2.45, 2.75) is 64.8 Å². The molecule has 1 aromatic carbocycles. The van der Waals surface area contributed by atoms with Crippen LogP contribution in [0.3, 0.4) is 0 Å². The van der Waals surface area contributed by atoms with E-state index in [-0.39, 0.29) is 5.92 Å². The molecular formula is C24H38N4O2. The second kappa shape index (κ2) is 10.3. The Morgan fingerprint density at radius 3 is 2.33 bits per heavy atom. The Morgan fingerprint density at radius 1 is 1.10 bits per heavy atom. The minimum Gasteiger partial charge on any atom is -0.351 e. The predicted octanol–water partition coefficient (Wildman–Crippen LogP) is 3.81. The Hall–Kier alpha value is -2.08. The van der Waals surface area contributed by atoms with E-state index in [1.807, 2.05) is 19.1 Å². The van der Waals surface area contributed by atoms with Gasteiger partial charge in [-0.3, -0.25) is 14.6 Å². The number of nitrogens with zero attached hydrogens (tertiary/aromatic N) is 3. The lowest BCUT2D eigenvalue weighted by Crippen LogP contribution is -2.52. The lowest BCUT2D eigenvalue weighted by Gasteiger charge is -2.39. The molecule has 0 unspecified atom stereocenters. The van der Waals surface area contributed by atoms with E-state index in [2.05, 4.69) is 35.8 Å². The van der Waals surface area contributed by atoms with Gasteiger partial charge in [0.1, 0.15) is 0 Å². The van der Waals surface area contributed by atoms with Crippen LogP contribution < -0.4 is 10.6 Å². The van der Waals surface area contributed by atoms with Crippen LogP contribution in [0.25, 0.3) is 0 Å². The molecular weight excluding hydrogens is 376 g/mol. The van der Waals surface area contributed by atoms with E-state index in [9.17, 15) is 9.59 Å². The van der Waals surface area contributed by atoms with E-state index >= 15 is 0 Å². The molecule has 2 aliphatic rings. The largest absolute Gasteiger partial charge is 0.351 e. The third-order valence-electron chi connectivity index (χ3n) is 6.80. The standard InChI is InChI=1S/C24H38N4O2/c1-4-12-28(24(25)30)22-7-5-6-21(17-22)19-8-10-20(11-9-19)23(29)27-15-13-26(14-16-27)18(2)3/h5-7,17-20H,4,8-16H2,1-3H3,(H2,25,30). The first-order valence-corrected chi connectivity index (χ1v) is 11.6. The van der Waals surface area contributed by atoms with Crippen molar-refractivity contribution >= 4 is 17.6 Å². The third kappa shape index (κ3) is 5.34. The summed E-state index contributed by atoms with van der Waals surface area (Å²) in [6, 6.07) is 8.37. The van der Waals surface area contributed by atoms with Crippen LogP contribution >= 0.6 is 0 Å². The SMILES string of the molecule is CCCN(C(N)=O)c1cccc(C2CCC(C(=O)N3CCN(C(C)C)CC3)CC2)c1. The topological polar surface area (TPSA) is 69.9 Å². The van der Waals surface area contributed by atoms with Crippen LogP contribution in [0.5, 0.6) is 0 Å². The number of piperazine rings is 1. The lowest BCUT2D eigenvalue weighted by atomic mass is 9.78. The smallest absolute Gasteiger partial charge is 0.319 e. The van der Waals surface area contributed by atoms with Gasteiger partial charge in [0.25, 0.3) is 0 Å². The average molecular weight is 415 g/mol. The first-order chi connectivity index (χ1) is 14.4. The van der Waals surface area contributed by atoms with Gasteiger partial charge < -0.3 is 10.6 Å². The average Bonchev–Trinajstić information content (AvgIpc) is 2.77. The number of urea groups is 1. The zero-order valence-corrected chi connectivity index (χ0v) is 18.8. The summed E-state index contributed by atoms with van der Waals surface area (Å²) in [7, 11) is 0. The van der Waals surface area contributed by atoms with Crippen molar-refractivity contribution in [3.63, 3.8) is 0 Å². The Bertz CT molecular complexity index is 720. The number of rotatable bonds is 6. The zero-order valence-electron chi connectivity index (χ0n) is 18.8. The van der Waals surface area contributed by atoms with Gasteiger partial charge in [-0.05, 0) is 69.6 Å². The summed E-state index contributed by atoms with van der Waals surface area (Å²) >= 11 is 0. The molecule has 1 heterocycles. The Kier molecular flexibility index (Phi) is 7.75. The van der Waals surface area contributed by atoms with Gasteiger partial charge in [0.05, 0.1) is 0 Å². The summed E-state index contributed by atoms with van der Waals surface area (Å²) in [6.07, 6.45) is 4.82. The molecule has 6 nitrogen and oxygen atoms in total. The normalized spacial score (nSPS) is 22.9. The van der Waals surface area contributed by atoms with E-state index in [0.29, 0.717) is 24.4 Å². The van der Waals surface area contributed by atoms with Crippen LogP contribution in [-0.4, -0.2) is 60.5 Å². The van der Waals surface area contributed by atoms with Crippen molar-refractivity contribution in [1.29, 1.82) is 0 Å². The summed E-state index contributed by atoms with van der Waals surface area (Å²) in [5.74, 6) is 0.967. The fourth-order valence-electron chi connectivity index (χ4n) is 4.93. The van der Waals surface area contributed by atoms with Crippen LogP contribution in [0.15, 0.2) is 24.3 Å². The number of hydrogen-bond donors (Lipinski definition) is 1. The minimum absolute atomic E-state index is 0.164. The summed E-state index contributed by atoms with van der Waals surface area (Å²) in [5.41, 5.74) is 7.71. The first-order valence-electron chi connectivity index (χ1n) is 11.6. The number of hydrogen-bond acceptors (Lipinski definition) is 3. The van der Waals surface area contributed by atoms with Crippen LogP contribution in [0.1, 0.15) is 64.4 Å².